The summed E-state index contributed by atoms with van der Waals surface area (Å²) in [5.74, 6) is -0.602. The monoisotopic (exact) mass is 322 g/mol. The lowest BCUT2D eigenvalue weighted by Gasteiger charge is -2.11. The van der Waals surface area contributed by atoms with E-state index in [0.29, 0.717) is 11.3 Å². The van der Waals surface area contributed by atoms with Gasteiger partial charge >= 0.3 is 12.0 Å². The average molecular weight is 322 g/mol. The molecule has 23 heavy (non-hydrogen) atoms. The van der Waals surface area contributed by atoms with Gasteiger partial charge in [-0.2, -0.15) is 0 Å². The maximum Gasteiger partial charge on any atom is 0.321 e. The summed E-state index contributed by atoms with van der Waals surface area (Å²) in [5, 5.41) is 4.67. The normalized spacial score (nSPS) is 11.3. The number of amides is 3. The Morgan fingerprint density at radius 1 is 1.26 bits per heavy atom. The van der Waals surface area contributed by atoms with E-state index >= 15 is 0 Å². The van der Waals surface area contributed by atoms with Crippen LogP contribution in [0, 0.1) is 0 Å². The van der Waals surface area contributed by atoms with Crippen molar-refractivity contribution in [1.82, 2.24) is 10.6 Å². The number of nitrogens with one attached hydrogen (secondary N) is 2. The van der Waals surface area contributed by atoms with Gasteiger partial charge in [-0.15, -0.1) is 0 Å². The molecule has 0 bridgehead atoms. The van der Waals surface area contributed by atoms with Crippen LogP contribution in [0.25, 0.3) is 0 Å². The summed E-state index contributed by atoms with van der Waals surface area (Å²) in [4.78, 5) is 34.6. The second-order valence-corrected chi connectivity index (χ2v) is 5.02. The minimum absolute atomic E-state index is 0.0174. The summed E-state index contributed by atoms with van der Waals surface area (Å²) >= 11 is 0. The molecule has 7 nitrogen and oxygen atoms in total. The van der Waals surface area contributed by atoms with E-state index in [9.17, 15) is 14.4 Å². The van der Waals surface area contributed by atoms with E-state index in [2.05, 4.69) is 10.6 Å². The van der Waals surface area contributed by atoms with Crippen molar-refractivity contribution in [1.29, 1.82) is 0 Å². The molecule has 1 aromatic carbocycles. The van der Waals surface area contributed by atoms with E-state index in [-0.39, 0.29) is 12.5 Å². The summed E-state index contributed by atoms with van der Waals surface area (Å²) in [5.41, 5.74) is 0.712. The van der Waals surface area contributed by atoms with Crippen molar-refractivity contribution < 1.29 is 23.9 Å². The first kappa shape index (κ1) is 18.5. The number of esters is 1. The van der Waals surface area contributed by atoms with Crippen LogP contribution in [0.3, 0.4) is 0 Å². The molecule has 3 amide bonds. The largest absolute Gasteiger partial charge is 0.497 e. The van der Waals surface area contributed by atoms with Gasteiger partial charge in [-0.05, 0) is 31.0 Å². The van der Waals surface area contributed by atoms with Crippen LogP contribution in [-0.2, 0) is 20.7 Å². The fraction of sp³-hybridized carbons (Fsp3) is 0.438. The molecule has 0 unspecified atom stereocenters. The highest BCUT2D eigenvalue weighted by Crippen LogP contribution is 2.13. The highest BCUT2D eigenvalue weighted by Gasteiger charge is 2.12. The summed E-state index contributed by atoms with van der Waals surface area (Å²) in [7, 11) is 1.53. The number of imide groups is 1. The van der Waals surface area contributed by atoms with E-state index in [4.69, 9.17) is 9.47 Å². The van der Waals surface area contributed by atoms with Crippen LogP contribution in [0.5, 0.6) is 5.75 Å². The fourth-order valence-electron chi connectivity index (χ4n) is 1.67. The van der Waals surface area contributed by atoms with Gasteiger partial charge in [0, 0.05) is 6.04 Å². The van der Waals surface area contributed by atoms with E-state index in [1.807, 2.05) is 13.8 Å². The van der Waals surface area contributed by atoms with Crippen LogP contribution >= 0.6 is 0 Å². The van der Waals surface area contributed by atoms with Crippen molar-refractivity contribution in [2.45, 2.75) is 32.7 Å². The number of carbonyl (C=O) groups is 3. The van der Waals surface area contributed by atoms with Crippen LogP contribution in [-0.4, -0.2) is 37.7 Å². The first-order valence-corrected chi connectivity index (χ1v) is 7.33. The number of methoxy groups -OCH3 is 1. The molecule has 0 fully saturated rings. The molecule has 1 aromatic rings. The maximum absolute atomic E-state index is 11.7. The van der Waals surface area contributed by atoms with Crippen molar-refractivity contribution >= 4 is 17.9 Å². The lowest BCUT2D eigenvalue weighted by atomic mass is 10.1. The zero-order valence-corrected chi connectivity index (χ0v) is 13.5. The highest BCUT2D eigenvalue weighted by molar-refractivity contribution is 5.95. The molecule has 0 spiro atoms. The molecule has 0 saturated carbocycles. The van der Waals surface area contributed by atoms with Gasteiger partial charge in [-0.25, -0.2) is 4.79 Å². The molecule has 2 N–H and O–H groups in total. The number of ether oxygens (including phenoxy) is 2. The standard InChI is InChI=1S/C16H22N2O5/c1-4-11(2)17-16(21)18-14(19)10-23-15(20)9-12-6-5-7-13(8-12)22-3/h5-8,11H,4,9-10H2,1-3H3,(H2,17,18,19,21)/t11-/m0/s1. The molecular formula is C16H22N2O5. The van der Waals surface area contributed by atoms with Gasteiger partial charge in [-0.1, -0.05) is 19.1 Å². The number of rotatable bonds is 7. The van der Waals surface area contributed by atoms with E-state index in [1.165, 1.54) is 7.11 Å². The fourth-order valence-corrected chi connectivity index (χ4v) is 1.67. The third kappa shape index (κ3) is 7.30. The van der Waals surface area contributed by atoms with Crippen molar-refractivity contribution in [3.8, 4) is 5.75 Å². The van der Waals surface area contributed by atoms with Crippen molar-refractivity contribution in [2.24, 2.45) is 0 Å². The third-order valence-electron chi connectivity index (χ3n) is 3.09. The quantitative estimate of drug-likeness (QED) is 0.740. The van der Waals surface area contributed by atoms with Crippen molar-refractivity contribution in [3.63, 3.8) is 0 Å². The Kier molecular flexibility index (Phi) is 7.59. The summed E-state index contributed by atoms with van der Waals surface area (Å²) in [6, 6.07) is 6.34. The van der Waals surface area contributed by atoms with Gasteiger partial charge in [-0.3, -0.25) is 14.9 Å². The third-order valence-corrected chi connectivity index (χ3v) is 3.09. The predicted octanol–water partition coefficient (Wildman–Crippen LogP) is 1.41. The lowest BCUT2D eigenvalue weighted by molar-refractivity contribution is -0.147. The number of carbonyl (C=O) groups excluding carboxylic acids is 3. The Labute approximate surface area is 135 Å². The Morgan fingerprint density at radius 3 is 2.65 bits per heavy atom. The molecule has 0 aromatic heterocycles. The van der Waals surface area contributed by atoms with E-state index < -0.39 is 24.5 Å². The van der Waals surface area contributed by atoms with Gasteiger partial charge in [0.2, 0.25) is 0 Å². The Balaban J connectivity index is 2.34. The van der Waals surface area contributed by atoms with Gasteiger partial charge in [0.15, 0.2) is 6.61 Å². The second-order valence-electron chi connectivity index (χ2n) is 5.02. The summed E-state index contributed by atoms with van der Waals surface area (Å²) < 4.78 is 9.90. The number of hydrogen-bond donors (Lipinski definition) is 2. The number of hydrogen-bond acceptors (Lipinski definition) is 5. The number of benzene rings is 1. The molecule has 1 rings (SSSR count). The minimum atomic E-state index is -0.676. The lowest BCUT2D eigenvalue weighted by Crippen LogP contribution is -2.44. The van der Waals surface area contributed by atoms with Crippen LogP contribution in [0.2, 0.25) is 0 Å². The molecule has 0 saturated heterocycles. The first-order chi connectivity index (χ1) is 10.9. The molecule has 126 valence electrons. The van der Waals surface area contributed by atoms with E-state index in [0.717, 1.165) is 6.42 Å². The molecule has 7 heteroatoms. The zero-order chi connectivity index (χ0) is 17.2. The van der Waals surface area contributed by atoms with E-state index in [1.54, 1.807) is 24.3 Å². The Bertz CT molecular complexity index is 559. The van der Waals surface area contributed by atoms with Crippen LogP contribution in [0.1, 0.15) is 25.8 Å². The molecular weight excluding hydrogens is 300 g/mol. The van der Waals surface area contributed by atoms with Gasteiger partial charge < -0.3 is 14.8 Å². The van der Waals surface area contributed by atoms with Crippen molar-refractivity contribution in [3.05, 3.63) is 29.8 Å². The van der Waals surface area contributed by atoms with Crippen molar-refractivity contribution in [2.75, 3.05) is 13.7 Å². The molecule has 0 aliphatic heterocycles. The zero-order valence-electron chi connectivity index (χ0n) is 13.5. The molecule has 0 aliphatic rings. The molecule has 1 atom stereocenters. The molecule has 0 radical (unpaired) electrons. The minimum Gasteiger partial charge on any atom is -0.497 e. The molecule has 0 aliphatic carbocycles. The molecule has 0 heterocycles. The smallest absolute Gasteiger partial charge is 0.321 e. The summed E-state index contributed by atoms with van der Waals surface area (Å²) in [6.45, 7) is 3.22. The Hall–Kier alpha value is -2.57. The second kappa shape index (κ2) is 9.45. The van der Waals surface area contributed by atoms with Gasteiger partial charge in [0.1, 0.15) is 5.75 Å². The van der Waals surface area contributed by atoms with Gasteiger partial charge in [0.05, 0.1) is 13.5 Å². The SMILES string of the molecule is CC[C@H](C)NC(=O)NC(=O)COC(=O)Cc1cccc(OC)c1. The predicted molar refractivity (Wildman–Crippen MR) is 84.1 cm³/mol. The first-order valence-electron chi connectivity index (χ1n) is 7.33. The van der Waals surface area contributed by atoms with Gasteiger partial charge in [0.25, 0.3) is 5.91 Å². The topological polar surface area (TPSA) is 93.7 Å². The van der Waals surface area contributed by atoms with Crippen LogP contribution in [0.15, 0.2) is 24.3 Å². The summed E-state index contributed by atoms with van der Waals surface area (Å²) in [6.07, 6.45) is 0.765. The van der Waals surface area contributed by atoms with Crippen LogP contribution in [0.4, 0.5) is 4.79 Å². The maximum atomic E-state index is 11.7. The van der Waals surface area contributed by atoms with Crippen LogP contribution < -0.4 is 15.4 Å². The average Bonchev–Trinajstić information content (AvgIpc) is 2.52. The Morgan fingerprint density at radius 2 is 2.00 bits per heavy atom. The number of urea groups is 1. The highest BCUT2D eigenvalue weighted by atomic mass is 16.5.